The molecule has 3 N–H and O–H groups in total. The van der Waals surface area contributed by atoms with Gasteiger partial charge in [0.15, 0.2) is 11.3 Å². The lowest BCUT2D eigenvalue weighted by Crippen LogP contribution is -2.42. The molecule has 0 fully saturated rings. The van der Waals surface area contributed by atoms with E-state index in [-0.39, 0.29) is 29.8 Å². The standard InChI is InChI=1S/C24H35N7O3/c1-7-8-11-29-22(25)21(23(33)27-24(29)34)30(13-14(2)3)20(32)10-9-18-16(5)26-19-12-15(4)28-31(19)17(18)6/h12,14H,7-11,13,25H2,1-6H3,(H,27,33,34). The molecular weight excluding hydrogens is 434 g/mol. The highest BCUT2D eigenvalue weighted by Gasteiger charge is 2.25. The summed E-state index contributed by atoms with van der Waals surface area (Å²) in [6, 6.07) is 1.92. The maximum absolute atomic E-state index is 13.4. The van der Waals surface area contributed by atoms with E-state index < -0.39 is 11.2 Å². The van der Waals surface area contributed by atoms with Crippen molar-refractivity contribution in [2.75, 3.05) is 17.2 Å². The number of hydrogen-bond donors (Lipinski definition) is 2. The molecule has 0 bridgehead atoms. The summed E-state index contributed by atoms with van der Waals surface area (Å²) in [5.41, 5.74) is 9.50. The smallest absolute Gasteiger partial charge is 0.330 e. The van der Waals surface area contributed by atoms with E-state index in [9.17, 15) is 14.4 Å². The molecule has 0 aliphatic rings. The van der Waals surface area contributed by atoms with E-state index in [1.165, 1.54) is 9.47 Å². The fourth-order valence-corrected chi connectivity index (χ4v) is 4.23. The first-order chi connectivity index (χ1) is 16.0. The number of nitrogens with two attached hydrogens (primary N) is 1. The summed E-state index contributed by atoms with van der Waals surface area (Å²) in [6.07, 6.45) is 2.20. The van der Waals surface area contributed by atoms with Crippen LogP contribution in [0.15, 0.2) is 15.7 Å². The predicted octanol–water partition coefficient (Wildman–Crippen LogP) is 2.51. The zero-order valence-electron chi connectivity index (χ0n) is 20.9. The Morgan fingerprint density at radius 3 is 2.59 bits per heavy atom. The predicted molar refractivity (Wildman–Crippen MR) is 133 cm³/mol. The van der Waals surface area contributed by atoms with E-state index in [1.807, 2.05) is 47.6 Å². The number of hydrogen-bond acceptors (Lipinski definition) is 6. The van der Waals surface area contributed by atoms with Crippen LogP contribution in [0.25, 0.3) is 5.65 Å². The average Bonchev–Trinajstić information content (AvgIpc) is 3.12. The molecule has 0 atom stereocenters. The second-order valence-electron chi connectivity index (χ2n) is 9.21. The van der Waals surface area contributed by atoms with Gasteiger partial charge in [0.1, 0.15) is 5.82 Å². The molecule has 10 nitrogen and oxygen atoms in total. The van der Waals surface area contributed by atoms with Crippen molar-refractivity contribution in [1.29, 1.82) is 0 Å². The van der Waals surface area contributed by atoms with E-state index in [0.29, 0.717) is 19.5 Å². The Morgan fingerprint density at radius 2 is 1.94 bits per heavy atom. The minimum Gasteiger partial charge on any atom is -0.383 e. The van der Waals surface area contributed by atoms with Gasteiger partial charge < -0.3 is 10.6 Å². The lowest BCUT2D eigenvalue weighted by Gasteiger charge is -2.26. The number of fused-ring (bicyclic) bond motifs is 1. The number of carbonyl (C=O) groups excluding carboxylic acids is 1. The van der Waals surface area contributed by atoms with E-state index in [2.05, 4.69) is 15.1 Å². The highest BCUT2D eigenvalue weighted by molar-refractivity contribution is 5.95. The first-order valence-corrected chi connectivity index (χ1v) is 11.8. The summed E-state index contributed by atoms with van der Waals surface area (Å²) in [7, 11) is 0. The third-order valence-corrected chi connectivity index (χ3v) is 5.94. The normalized spacial score (nSPS) is 11.5. The van der Waals surface area contributed by atoms with Crippen LogP contribution < -0.4 is 21.9 Å². The van der Waals surface area contributed by atoms with Crippen molar-refractivity contribution in [1.82, 2.24) is 24.1 Å². The van der Waals surface area contributed by atoms with Crippen LogP contribution in [-0.2, 0) is 17.8 Å². The van der Waals surface area contributed by atoms with Crippen LogP contribution in [0.5, 0.6) is 0 Å². The largest absolute Gasteiger partial charge is 0.383 e. The molecule has 0 aliphatic heterocycles. The van der Waals surface area contributed by atoms with Crippen LogP contribution in [0.3, 0.4) is 0 Å². The third kappa shape index (κ3) is 5.05. The zero-order valence-corrected chi connectivity index (χ0v) is 20.9. The molecule has 0 aliphatic carbocycles. The molecule has 0 spiro atoms. The summed E-state index contributed by atoms with van der Waals surface area (Å²) in [4.78, 5) is 47.0. The van der Waals surface area contributed by atoms with Gasteiger partial charge in [-0.3, -0.25) is 19.1 Å². The molecule has 10 heteroatoms. The van der Waals surface area contributed by atoms with E-state index >= 15 is 0 Å². The van der Waals surface area contributed by atoms with Crippen molar-refractivity contribution in [2.24, 2.45) is 5.92 Å². The molecule has 3 rings (SSSR count). The summed E-state index contributed by atoms with van der Waals surface area (Å²) in [6.45, 7) is 12.4. The number of aromatic amines is 1. The highest BCUT2D eigenvalue weighted by atomic mass is 16.2. The van der Waals surface area contributed by atoms with Gasteiger partial charge >= 0.3 is 5.69 Å². The maximum atomic E-state index is 13.4. The maximum Gasteiger partial charge on any atom is 0.330 e. The molecule has 3 heterocycles. The van der Waals surface area contributed by atoms with E-state index in [4.69, 9.17) is 5.73 Å². The van der Waals surface area contributed by atoms with Crippen LogP contribution in [-0.4, -0.2) is 36.6 Å². The van der Waals surface area contributed by atoms with Gasteiger partial charge in [-0.1, -0.05) is 27.2 Å². The average molecular weight is 470 g/mol. The Kier molecular flexibility index (Phi) is 7.58. The highest BCUT2D eigenvalue weighted by Crippen LogP contribution is 2.22. The Bertz CT molecular complexity index is 1320. The fourth-order valence-electron chi connectivity index (χ4n) is 4.23. The van der Waals surface area contributed by atoms with Gasteiger partial charge in [-0.05, 0) is 45.1 Å². The summed E-state index contributed by atoms with van der Waals surface area (Å²) in [5, 5.41) is 4.49. The Balaban J connectivity index is 1.96. The number of anilines is 2. The number of H-pyrrole nitrogens is 1. The number of aryl methyl sites for hydroxylation is 3. The molecule has 0 unspecified atom stereocenters. The number of carbonyl (C=O) groups is 1. The molecule has 0 radical (unpaired) electrons. The topological polar surface area (TPSA) is 131 Å². The number of unbranched alkanes of at least 4 members (excludes halogenated alkanes) is 1. The number of aromatic nitrogens is 5. The van der Waals surface area contributed by atoms with Crippen molar-refractivity contribution in [3.8, 4) is 0 Å². The number of nitrogen functional groups attached to an aromatic ring is 1. The van der Waals surface area contributed by atoms with Crippen molar-refractivity contribution >= 4 is 23.1 Å². The SMILES string of the molecule is CCCCn1c(N)c(N(CC(C)C)C(=O)CCc2c(C)nc3cc(C)nn3c2C)c(=O)[nH]c1=O. The number of nitrogens with one attached hydrogen (secondary N) is 1. The minimum atomic E-state index is -0.647. The van der Waals surface area contributed by atoms with Crippen LogP contribution in [0.1, 0.15) is 62.7 Å². The van der Waals surface area contributed by atoms with Gasteiger partial charge in [-0.25, -0.2) is 14.3 Å². The van der Waals surface area contributed by atoms with Gasteiger partial charge in [-0.15, -0.1) is 0 Å². The van der Waals surface area contributed by atoms with Crippen LogP contribution in [0, 0.1) is 26.7 Å². The molecule has 0 saturated heterocycles. The van der Waals surface area contributed by atoms with Crippen LogP contribution in [0.4, 0.5) is 11.5 Å². The van der Waals surface area contributed by atoms with Gasteiger partial charge in [0.05, 0.1) is 5.69 Å². The number of rotatable bonds is 9. The van der Waals surface area contributed by atoms with Gasteiger partial charge in [0.2, 0.25) is 5.91 Å². The molecular formula is C24H35N7O3. The lowest BCUT2D eigenvalue weighted by atomic mass is 10.1. The second-order valence-corrected chi connectivity index (χ2v) is 9.21. The quantitative estimate of drug-likeness (QED) is 0.495. The summed E-state index contributed by atoms with van der Waals surface area (Å²) in [5.74, 6) is -0.117. The monoisotopic (exact) mass is 469 g/mol. The van der Waals surface area contributed by atoms with E-state index in [0.717, 1.165) is 41.1 Å². The first-order valence-electron chi connectivity index (χ1n) is 11.8. The Morgan fingerprint density at radius 1 is 1.24 bits per heavy atom. The molecule has 184 valence electrons. The molecule has 1 amide bonds. The number of nitrogens with zero attached hydrogens (tertiary/aromatic N) is 5. The second kappa shape index (κ2) is 10.2. The number of amides is 1. The summed E-state index contributed by atoms with van der Waals surface area (Å²) >= 11 is 0. The van der Waals surface area contributed by atoms with Gasteiger partial charge in [0.25, 0.3) is 5.56 Å². The van der Waals surface area contributed by atoms with Crippen LogP contribution in [0.2, 0.25) is 0 Å². The fraction of sp³-hybridized carbons (Fsp3) is 0.542. The Hall–Kier alpha value is -3.43. The molecule has 3 aromatic heterocycles. The van der Waals surface area contributed by atoms with Gasteiger partial charge in [-0.2, -0.15) is 5.10 Å². The van der Waals surface area contributed by atoms with Crippen LogP contribution >= 0.6 is 0 Å². The zero-order chi connectivity index (χ0) is 25.2. The lowest BCUT2D eigenvalue weighted by molar-refractivity contribution is -0.118. The van der Waals surface area contributed by atoms with Crippen molar-refractivity contribution in [2.45, 2.75) is 73.8 Å². The van der Waals surface area contributed by atoms with Crippen molar-refractivity contribution in [3.63, 3.8) is 0 Å². The third-order valence-electron chi connectivity index (χ3n) is 5.94. The van der Waals surface area contributed by atoms with Crippen molar-refractivity contribution in [3.05, 3.63) is 49.5 Å². The first kappa shape index (κ1) is 25.2. The molecule has 34 heavy (non-hydrogen) atoms. The van der Waals surface area contributed by atoms with Crippen molar-refractivity contribution < 1.29 is 4.79 Å². The Labute approximate surface area is 198 Å². The summed E-state index contributed by atoms with van der Waals surface area (Å²) < 4.78 is 3.13. The molecule has 0 saturated carbocycles. The molecule has 0 aromatic carbocycles. The minimum absolute atomic E-state index is 0.0265. The molecule has 3 aromatic rings. The van der Waals surface area contributed by atoms with Gasteiger partial charge in [0, 0.05) is 37.0 Å². The van der Waals surface area contributed by atoms with E-state index in [1.54, 1.807) is 4.52 Å².